The molecule has 23 nitrogen and oxygen atoms in total. The number of carbonyl (C=O) groups excluding carboxylic acids is 7. The number of hydrogen-bond donors (Lipinski definition) is 13. The Balaban J connectivity index is 2.43. The summed E-state index contributed by atoms with van der Waals surface area (Å²) in [6.07, 6.45) is 1.07. The van der Waals surface area contributed by atoms with E-state index in [4.69, 9.17) is 22.9 Å². The van der Waals surface area contributed by atoms with Crippen molar-refractivity contribution in [3.8, 4) is 0 Å². The van der Waals surface area contributed by atoms with Crippen LogP contribution in [0.25, 0.3) is 0 Å². The molecule has 8 atom stereocenters. The molecule has 2 aromatic rings. The van der Waals surface area contributed by atoms with Crippen LogP contribution in [0.5, 0.6) is 0 Å². The van der Waals surface area contributed by atoms with Crippen LogP contribution in [0.2, 0.25) is 0 Å². The Hall–Kier alpha value is -6.62. The topological polar surface area (TPSA) is 394 Å². The summed E-state index contributed by atoms with van der Waals surface area (Å²) in [5, 5.41) is 35.8. The number of nitrogens with two attached hydrogens (primary N) is 4. The summed E-state index contributed by atoms with van der Waals surface area (Å²) >= 11 is 0. The Bertz CT molecular complexity index is 1910. The van der Waals surface area contributed by atoms with Gasteiger partial charge in [0.05, 0.1) is 18.5 Å². The first-order valence-electron chi connectivity index (χ1n) is 21.4. The fraction of sp³-hybridized carbons (Fsp3) is 0.571. The average Bonchev–Trinajstić information content (AvgIpc) is 3.74. The van der Waals surface area contributed by atoms with Gasteiger partial charge in [-0.1, -0.05) is 58.0 Å². The van der Waals surface area contributed by atoms with E-state index >= 15 is 0 Å². The summed E-state index contributed by atoms with van der Waals surface area (Å²) in [6, 6.07) is -0.750. The summed E-state index contributed by atoms with van der Waals surface area (Å²) in [5.41, 5.74) is 23.0. The van der Waals surface area contributed by atoms with E-state index in [0.29, 0.717) is 11.3 Å². The third-order valence-electron chi connectivity index (χ3n) is 9.87. The number of carboxylic acid groups (broad SMARTS) is 1. The lowest BCUT2D eigenvalue weighted by atomic mass is 9.98. The van der Waals surface area contributed by atoms with E-state index in [1.807, 2.05) is 27.7 Å². The van der Waals surface area contributed by atoms with Crippen molar-refractivity contribution >= 4 is 53.3 Å². The number of aromatic nitrogens is 2. The highest BCUT2D eigenvalue weighted by atomic mass is 16.4. The third-order valence-corrected chi connectivity index (χ3v) is 9.87. The number of nitrogens with zero attached hydrogens (tertiary/aromatic N) is 2. The highest BCUT2D eigenvalue weighted by molar-refractivity contribution is 5.97. The molecule has 1 aromatic heterocycles. The number of carboxylic acids is 1. The number of imidazole rings is 1. The molecule has 2 rings (SSSR count). The van der Waals surface area contributed by atoms with Crippen molar-refractivity contribution in [2.24, 2.45) is 39.8 Å². The molecule has 23 heteroatoms. The number of aliphatic imine (C=N–C) groups is 1. The number of amides is 7. The van der Waals surface area contributed by atoms with Crippen LogP contribution in [-0.4, -0.2) is 128 Å². The lowest BCUT2D eigenvalue weighted by Crippen LogP contribution is -2.61. The van der Waals surface area contributed by atoms with Crippen molar-refractivity contribution in [3.63, 3.8) is 0 Å². The van der Waals surface area contributed by atoms with Gasteiger partial charge in [-0.2, -0.15) is 0 Å². The molecule has 1 heterocycles. The van der Waals surface area contributed by atoms with Crippen LogP contribution in [0.4, 0.5) is 0 Å². The number of aliphatic carboxylic acids is 1. The lowest BCUT2D eigenvalue weighted by Gasteiger charge is -2.29. The molecule has 7 amide bonds. The van der Waals surface area contributed by atoms with Gasteiger partial charge in [-0.25, -0.2) is 9.78 Å². The second-order valence-corrected chi connectivity index (χ2v) is 16.7. The van der Waals surface area contributed by atoms with Gasteiger partial charge in [0.2, 0.25) is 41.4 Å². The summed E-state index contributed by atoms with van der Waals surface area (Å²) in [4.78, 5) is 116. The van der Waals surface area contributed by atoms with E-state index in [0.717, 1.165) is 0 Å². The molecule has 65 heavy (non-hydrogen) atoms. The zero-order chi connectivity index (χ0) is 48.8. The number of H-pyrrole nitrogens is 1. The predicted octanol–water partition coefficient (Wildman–Crippen LogP) is -2.69. The maximum Gasteiger partial charge on any atom is 0.326 e. The normalized spacial score (nSPS) is 14.8. The molecule has 0 bridgehead atoms. The fourth-order valence-corrected chi connectivity index (χ4v) is 6.50. The maximum absolute atomic E-state index is 14.3. The Kier molecular flexibility index (Phi) is 23.1. The van der Waals surface area contributed by atoms with Crippen LogP contribution >= 0.6 is 0 Å². The summed E-state index contributed by atoms with van der Waals surface area (Å²) < 4.78 is 0. The fourth-order valence-electron chi connectivity index (χ4n) is 6.50. The first-order chi connectivity index (χ1) is 30.6. The first-order valence-corrected chi connectivity index (χ1v) is 21.4. The number of rotatable bonds is 29. The van der Waals surface area contributed by atoms with Crippen LogP contribution in [0, 0.1) is 11.8 Å². The van der Waals surface area contributed by atoms with E-state index in [2.05, 4.69) is 46.9 Å². The molecular weight excluding hydrogens is 847 g/mol. The van der Waals surface area contributed by atoms with Crippen molar-refractivity contribution in [2.45, 2.75) is 134 Å². The van der Waals surface area contributed by atoms with Crippen LogP contribution in [0.1, 0.15) is 84.4 Å². The lowest BCUT2D eigenvalue weighted by molar-refractivity contribution is -0.142. The number of guanidine groups is 1. The van der Waals surface area contributed by atoms with Gasteiger partial charge in [-0.15, -0.1) is 0 Å². The number of aliphatic hydroxyl groups excluding tert-OH is 1. The highest BCUT2D eigenvalue weighted by Gasteiger charge is 2.35. The monoisotopic (exact) mass is 914 g/mol. The molecule has 0 saturated heterocycles. The second-order valence-electron chi connectivity index (χ2n) is 16.7. The third kappa shape index (κ3) is 20.6. The molecule has 0 fully saturated rings. The van der Waals surface area contributed by atoms with Gasteiger partial charge in [0.1, 0.15) is 36.3 Å². The molecule has 0 radical (unpaired) electrons. The molecule has 1 aromatic carbocycles. The van der Waals surface area contributed by atoms with Crippen molar-refractivity contribution in [1.29, 1.82) is 0 Å². The number of benzene rings is 1. The molecular formula is C42H67N13O10. The molecule has 17 N–H and O–H groups in total. The maximum atomic E-state index is 14.3. The van der Waals surface area contributed by atoms with Gasteiger partial charge in [-0.05, 0) is 56.4 Å². The quantitative estimate of drug-likeness (QED) is 0.0225. The summed E-state index contributed by atoms with van der Waals surface area (Å²) in [6.45, 7) is 8.53. The number of primary amides is 1. The minimum atomic E-state index is -1.61. The van der Waals surface area contributed by atoms with Gasteiger partial charge in [-0.3, -0.25) is 38.6 Å². The van der Waals surface area contributed by atoms with Crippen LogP contribution in [0.15, 0.2) is 47.8 Å². The van der Waals surface area contributed by atoms with E-state index in [9.17, 15) is 48.6 Å². The van der Waals surface area contributed by atoms with E-state index in [1.165, 1.54) is 19.4 Å². The number of hydrogen-bond acceptors (Lipinski definition) is 12. The van der Waals surface area contributed by atoms with E-state index in [1.54, 1.807) is 30.3 Å². The van der Waals surface area contributed by atoms with Crippen molar-refractivity contribution in [1.82, 2.24) is 41.9 Å². The summed E-state index contributed by atoms with van der Waals surface area (Å²) in [5.74, 6) is -7.49. The van der Waals surface area contributed by atoms with E-state index in [-0.39, 0.29) is 75.7 Å². The average molecular weight is 914 g/mol. The van der Waals surface area contributed by atoms with Gasteiger partial charge in [0.25, 0.3) is 0 Å². The molecule has 0 aliphatic heterocycles. The molecule has 360 valence electrons. The summed E-state index contributed by atoms with van der Waals surface area (Å²) in [7, 11) is 0. The highest BCUT2D eigenvalue weighted by Crippen LogP contribution is 2.12. The van der Waals surface area contributed by atoms with Crippen molar-refractivity contribution < 1.29 is 48.6 Å². The van der Waals surface area contributed by atoms with Crippen molar-refractivity contribution in [2.75, 3.05) is 6.54 Å². The number of aliphatic hydroxyl groups is 1. The largest absolute Gasteiger partial charge is 0.480 e. The van der Waals surface area contributed by atoms with E-state index < -0.39 is 95.7 Å². The van der Waals surface area contributed by atoms with Gasteiger partial charge in [0, 0.05) is 37.7 Å². The van der Waals surface area contributed by atoms with Gasteiger partial charge < -0.3 is 70.0 Å². The minimum absolute atomic E-state index is 0.0459. The molecule has 0 aliphatic rings. The van der Waals surface area contributed by atoms with Gasteiger partial charge >= 0.3 is 5.97 Å². The van der Waals surface area contributed by atoms with Crippen LogP contribution in [-0.2, 0) is 51.2 Å². The Morgan fingerprint density at radius 1 is 0.677 bits per heavy atom. The Labute approximate surface area is 377 Å². The predicted molar refractivity (Wildman–Crippen MR) is 239 cm³/mol. The molecule has 0 saturated carbocycles. The standard InChI is InChI=1S/C42H67N13O10/c1-22(2)16-29(37(60)51-30(17-23(3)4)38(61)54-32(41(64)65)19-26-20-47-21-49-26)52-39(62)31(18-25-10-7-6-8-11-25)53-36(59)28(12-9-15-48-42(45)46)50-40(63)34(24(5)56)55-35(58)27(43)13-14-33(44)57/h6-8,10-11,20-24,27-32,34,56H,9,12-19,43H2,1-5H3,(H2,44,57)(H,47,49)(H,50,63)(H,51,60)(H,52,62)(H,53,59)(H,54,61)(H,55,58)(H,64,65)(H4,45,46,48)/t24-,27+,28+,29+,30+,31+,32+,34+/m1/s1. The zero-order valence-corrected chi connectivity index (χ0v) is 37.5. The number of carbonyl (C=O) groups is 8. The molecule has 0 unspecified atom stereocenters. The van der Waals surface area contributed by atoms with Crippen LogP contribution < -0.4 is 54.8 Å². The zero-order valence-electron chi connectivity index (χ0n) is 37.5. The SMILES string of the molecule is CC(C)C[C@H](NC(=O)[C@H](CC(C)C)NC(=O)[C@H](Cc1ccccc1)NC(=O)[C@H](CCCN=C(N)N)NC(=O)[C@@H](NC(=O)[C@@H](N)CCC(N)=O)[C@@H](C)O)C(=O)N[C@@H](Cc1cnc[nH]1)C(=O)O. The van der Waals surface area contributed by atoms with Crippen molar-refractivity contribution in [3.05, 3.63) is 54.1 Å². The van der Waals surface area contributed by atoms with Gasteiger partial charge in [0.15, 0.2) is 5.96 Å². The Morgan fingerprint density at radius 2 is 1.20 bits per heavy atom. The Morgan fingerprint density at radius 3 is 1.69 bits per heavy atom. The molecule has 0 spiro atoms. The molecule has 0 aliphatic carbocycles. The first kappa shape index (κ1) is 54.5. The smallest absolute Gasteiger partial charge is 0.326 e. The van der Waals surface area contributed by atoms with Crippen LogP contribution in [0.3, 0.4) is 0 Å². The number of nitrogens with one attached hydrogen (secondary N) is 7. The number of aromatic amines is 1. The second kappa shape index (κ2) is 27.5. The minimum Gasteiger partial charge on any atom is -0.480 e.